The number of aryl methyl sites for hydroxylation is 1. The van der Waals surface area contributed by atoms with Gasteiger partial charge in [-0.25, -0.2) is 0 Å². The van der Waals surface area contributed by atoms with Gasteiger partial charge in [-0.1, -0.05) is 24.3 Å². The molecule has 0 spiro atoms. The monoisotopic (exact) mass is 334 g/mol. The molecule has 23 heavy (non-hydrogen) atoms. The van der Waals surface area contributed by atoms with Gasteiger partial charge in [-0.2, -0.15) is 0 Å². The highest BCUT2D eigenvalue weighted by Gasteiger charge is 2.38. The molecule has 1 aromatic carbocycles. The molecule has 1 N–H and O–H groups in total. The van der Waals surface area contributed by atoms with E-state index in [0.717, 1.165) is 32.1 Å². The van der Waals surface area contributed by atoms with Crippen molar-refractivity contribution >= 4 is 18.3 Å². The first-order valence-corrected chi connectivity index (χ1v) is 8.83. The third kappa shape index (κ3) is 3.14. The second kappa shape index (κ2) is 6.82. The number of piperidine rings is 1. The maximum absolute atomic E-state index is 13.1. The first kappa shape index (κ1) is 16.8. The molecular formula is C19H27ClN2O. The fourth-order valence-corrected chi connectivity index (χ4v) is 4.78. The Morgan fingerprint density at radius 1 is 1.13 bits per heavy atom. The molecule has 2 fully saturated rings. The Hall–Kier alpha value is -1.06. The van der Waals surface area contributed by atoms with Gasteiger partial charge in [-0.05, 0) is 56.1 Å². The molecule has 0 saturated carbocycles. The van der Waals surface area contributed by atoms with Crippen LogP contribution in [-0.4, -0.2) is 36.0 Å². The highest BCUT2D eigenvalue weighted by molar-refractivity contribution is 5.85. The molecule has 2 saturated heterocycles. The first-order valence-electron chi connectivity index (χ1n) is 8.83. The largest absolute Gasteiger partial charge is 0.342 e. The second-order valence-corrected chi connectivity index (χ2v) is 7.36. The van der Waals surface area contributed by atoms with E-state index in [1.165, 1.54) is 24.0 Å². The minimum absolute atomic E-state index is 0. The van der Waals surface area contributed by atoms with Gasteiger partial charge in [-0.15, -0.1) is 12.4 Å². The highest BCUT2D eigenvalue weighted by atomic mass is 35.5. The molecular weight excluding hydrogens is 308 g/mol. The summed E-state index contributed by atoms with van der Waals surface area (Å²) in [6, 6.07) is 10.2. The van der Waals surface area contributed by atoms with Crippen LogP contribution in [0.4, 0.5) is 0 Å². The van der Waals surface area contributed by atoms with E-state index in [-0.39, 0.29) is 18.3 Å². The van der Waals surface area contributed by atoms with Crippen LogP contribution in [0, 0.1) is 0 Å². The smallest absolute Gasteiger partial charge is 0.230 e. The number of nitrogens with zero attached hydrogens (tertiary/aromatic N) is 1. The first-order chi connectivity index (χ1) is 10.7. The second-order valence-electron chi connectivity index (χ2n) is 7.36. The number of rotatable bonds is 2. The number of carbonyl (C=O) groups excluding carboxylic acids is 1. The van der Waals surface area contributed by atoms with Gasteiger partial charge in [0.1, 0.15) is 0 Å². The molecule has 3 atom stereocenters. The van der Waals surface area contributed by atoms with Crippen molar-refractivity contribution in [3.8, 4) is 0 Å². The van der Waals surface area contributed by atoms with Gasteiger partial charge in [0.05, 0.1) is 5.92 Å². The zero-order valence-electron chi connectivity index (χ0n) is 13.8. The van der Waals surface area contributed by atoms with Crippen LogP contribution in [-0.2, 0) is 11.2 Å². The summed E-state index contributed by atoms with van der Waals surface area (Å²) in [6.07, 6.45) is 8.11. The lowest BCUT2D eigenvalue weighted by Crippen LogP contribution is -2.50. The van der Waals surface area contributed by atoms with Crippen LogP contribution < -0.4 is 5.32 Å². The van der Waals surface area contributed by atoms with Crippen LogP contribution in [0.25, 0.3) is 0 Å². The van der Waals surface area contributed by atoms with Crippen LogP contribution >= 0.6 is 12.4 Å². The minimum Gasteiger partial charge on any atom is -0.342 e. The number of hydrogen-bond donors (Lipinski definition) is 1. The van der Waals surface area contributed by atoms with E-state index >= 15 is 0 Å². The predicted molar refractivity (Wildman–Crippen MR) is 95.1 cm³/mol. The molecule has 4 heteroatoms. The van der Waals surface area contributed by atoms with Crippen molar-refractivity contribution in [2.75, 3.05) is 7.05 Å². The van der Waals surface area contributed by atoms with Gasteiger partial charge in [0.15, 0.2) is 0 Å². The molecule has 0 radical (unpaired) electrons. The number of halogens is 1. The van der Waals surface area contributed by atoms with Gasteiger partial charge in [0.2, 0.25) is 5.91 Å². The molecule has 1 aromatic rings. The molecule has 3 nitrogen and oxygen atoms in total. The number of likely N-dealkylation sites (N-methyl/N-ethyl adjacent to an activating group) is 1. The summed E-state index contributed by atoms with van der Waals surface area (Å²) in [5, 5.41) is 3.67. The number of hydrogen-bond acceptors (Lipinski definition) is 2. The molecule has 2 bridgehead atoms. The van der Waals surface area contributed by atoms with Gasteiger partial charge in [-0.3, -0.25) is 4.79 Å². The Labute approximate surface area is 145 Å². The molecule has 2 aliphatic heterocycles. The lowest BCUT2D eigenvalue weighted by molar-refractivity contribution is -0.134. The lowest BCUT2D eigenvalue weighted by Gasteiger charge is -2.38. The summed E-state index contributed by atoms with van der Waals surface area (Å²) in [4.78, 5) is 15.2. The molecule has 3 aliphatic rings. The zero-order chi connectivity index (χ0) is 15.1. The van der Waals surface area contributed by atoms with E-state index in [1.807, 2.05) is 7.05 Å². The molecule has 4 rings (SSSR count). The molecule has 1 amide bonds. The fourth-order valence-electron chi connectivity index (χ4n) is 4.78. The van der Waals surface area contributed by atoms with Crippen LogP contribution in [0.5, 0.6) is 0 Å². The van der Waals surface area contributed by atoms with E-state index in [2.05, 4.69) is 34.5 Å². The quantitative estimate of drug-likeness (QED) is 0.900. The molecule has 2 heterocycles. The SMILES string of the molecule is CN(C(=O)C1CCCc2ccccc21)C1CC2CCC(C1)N2.Cl. The average Bonchev–Trinajstić information content (AvgIpc) is 2.91. The van der Waals surface area contributed by atoms with Crippen molar-refractivity contribution in [3.63, 3.8) is 0 Å². The highest BCUT2D eigenvalue weighted by Crippen LogP contribution is 2.35. The number of carbonyl (C=O) groups is 1. The van der Waals surface area contributed by atoms with E-state index in [4.69, 9.17) is 0 Å². The van der Waals surface area contributed by atoms with Gasteiger partial charge < -0.3 is 10.2 Å². The molecule has 3 unspecified atom stereocenters. The summed E-state index contributed by atoms with van der Waals surface area (Å²) < 4.78 is 0. The van der Waals surface area contributed by atoms with Crippen LogP contribution in [0.1, 0.15) is 55.6 Å². The van der Waals surface area contributed by atoms with Crippen molar-refractivity contribution in [2.45, 2.75) is 69.0 Å². The van der Waals surface area contributed by atoms with Crippen molar-refractivity contribution < 1.29 is 4.79 Å². The summed E-state index contributed by atoms with van der Waals surface area (Å²) in [6.45, 7) is 0. The van der Waals surface area contributed by atoms with Crippen molar-refractivity contribution in [1.29, 1.82) is 0 Å². The molecule has 126 valence electrons. The van der Waals surface area contributed by atoms with Gasteiger partial charge in [0, 0.05) is 25.2 Å². The third-order valence-electron chi connectivity index (χ3n) is 6.01. The Bertz CT molecular complexity index is 564. The Kier molecular flexibility index (Phi) is 4.98. The standard InChI is InChI=1S/C19H26N2O.ClH/c1-21(16-11-14-9-10-15(12-16)20-14)19(22)18-8-4-6-13-5-2-3-7-17(13)18;/h2-3,5,7,14-16,18,20H,4,6,8-12H2,1H3;1H. The van der Waals surface area contributed by atoms with Crippen LogP contribution in [0.3, 0.4) is 0 Å². The van der Waals surface area contributed by atoms with Crippen LogP contribution in [0.2, 0.25) is 0 Å². The fraction of sp³-hybridized carbons (Fsp3) is 0.632. The van der Waals surface area contributed by atoms with E-state index in [9.17, 15) is 4.79 Å². The zero-order valence-corrected chi connectivity index (χ0v) is 14.6. The normalized spacial score (nSPS) is 31.9. The Balaban J connectivity index is 0.00000156. The number of benzene rings is 1. The summed E-state index contributed by atoms with van der Waals surface area (Å²) in [5.74, 6) is 0.431. The number of nitrogens with one attached hydrogen (secondary N) is 1. The summed E-state index contributed by atoms with van der Waals surface area (Å²) >= 11 is 0. The van der Waals surface area contributed by atoms with Crippen LogP contribution in [0.15, 0.2) is 24.3 Å². The topological polar surface area (TPSA) is 32.3 Å². The Morgan fingerprint density at radius 3 is 2.57 bits per heavy atom. The molecule has 1 aliphatic carbocycles. The molecule has 0 aromatic heterocycles. The van der Waals surface area contributed by atoms with E-state index in [0.29, 0.717) is 24.0 Å². The predicted octanol–water partition coefficient (Wildman–Crippen LogP) is 3.27. The van der Waals surface area contributed by atoms with E-state index < -0.39 is 0 Å². The third-order valence-corrected chi connectivity index (χ3v) is 6.01. The minimum atomic E-state index is 0. The maximum atomic E-state index is 13.1. The van der Waals surface area contributed by atoms with E-state index in [1.54, 1.807) is 0 Å². The number of fused-ring (bicyclic) bond motifs is 3. The van der Waals surface area contributed by atoms with Crippen molar-refractivity contribution in [2.24, 2.45) is 0 Å². The average molecular weight is 335 g/mol. The van der Waals surface area contributed by atoms with Gasteiger partial charge >= 0.3 is 0 Å². The maximum Gasteiger partial charge on any atom is 0.230 e. The number of amides is 1. The van der Waals surface area contributed by atoms with Gasteiger partial charge in [0.25, 0.3) is 0 Å². The van der Waals surface area contributed by atoms with Crippen molar-refractivity contribution in [3.05, 3.63) is 35.4 Å². The lowest BCUT2D eigenvalue weighted by atomic mass is 9.81. The Morgan fingerprint density at radius 2 is 1.83 bits per heavy atom. The summed E-state index contributed by atoms with van der Waals surface area (Å²) in [5.41, 5.74) is 2.66. The van der Waals surface area contributed by atoms with Crippen molar-refractivity contribution in [1.82, 2.24) is 10.2 Å². The summed E-state index contributed by atoms with van der Waals surface area (Å²) in [7, 11) is 2.04.